The fourth-order valence-electron chi connectivity index (χ4n) is 1.56. The smallest absolute Gasteiger partial charge is 0.335 e. The number of nitrogens with zero attached hydrogens (tertiary/aromatic N) is 1. The van der Waals surface area contributed by atoms with E-state index >= 15 is 0 Å². The Labute approximate surface area is 115 Å². The van der Waals surface area contributed by atoms with E-state index < -0.39 is 5.97 Å². The van der Waals surface area contributed by atoms with E-state index in [-0.39, 0.29) is 5.56 Å². The second-order valence-electron chi connectivity index (χ2n) is 3.73. The van der Waals surface area contributed by atoms with Crippen LogP contribution in [0.25, 0.3) is 0 Å². The zero-order valence-corrected chi connectivity index (χ0v) is 11.8. The van der Waals surface area contributed by atoms with Crippen molar-refractivity contribution in [3.8, 4) is 0 Å². The summed E-state index contributed by atoms with van der Waals surface area (Å²) in [6, 6.07) is 5.10. The molecule has 1 aromatic rings. The summed E-state index contributed by atoms with van der Waals surface area (Å²) in [7, 11) is 1.63. The topological polar surface area (TPSA) is 49.8 Å². The first-order valence-electron chi connectivity index (χ1n) is 5.47. The number of rotatable bonds is 7. The van der Waals surface area contributed by atoms with Crippen LogP contribution in [0.5, 0.6) is 0 Å². The maximum absolute atomic E-state index is 11.0. The number of carbonyl (C=O) groups is 1. The molecule has 0 fully saturated rings. The van der Waals surface area contributed by atoms with Crippen molar-refractivity contribution in [1.82, 2.24) is 0 Å². The maximum atomic E-state index is 11.0. The zero-order chi connectivity index (χ0) is 13.5. The summed E-state index contributed by atoms with van der Waals surface area (Å²) in [4.78, 5) is 13.0. The molecule has 0 spiro atoms. The zero-order valence-electron chi connectivity index (χ0n) is 10.2. The van der Waals surface area contributed by atoms with Crippen LogP contribution in [0.2, 0.25) is 0 Å². The highest BCUT2D eigenvalue weighted by atomic mass is 79.9. The summed E-state index contributed by atoms with van der Waals surface area (Å²) in [5.74, 6) is -0.942. The molecule has 98 valence electrons. The molecule has 0 aliphatic heterocycles. The minimum Gasteiger partial charge on any atom is -0.478 e. The van der Waals surface area contributed by atoms with Gasteiger partial charge in [0.15, 0.2) is 0 Å². The molecule has 1 aromatic carbocycles. The van der Waals surface area contributed by atoms with Crippen molar-refractivity contribution >= 4 is 27.6 Å². The summed E-state index contributed by atoms with van der Waals surface area (Å²) in [5, 5.41) is 9.04. The van der Waals surface area contributed by atoms with E-state index in [1.807, 2.05) is 11.0 Å². The van der Waals surface area contributed by atoms with Gasteiger partial charge in [0, 0.05) is 30.4 Å². The summed E-state index contributed by atoms with van der Waals surface area (Å²) < 4.78 is 5.78. The Morgan fingerprint density at radius 1 is 1.56 bits per heavy atom. The summed E-state index contributed by atoms with van der Waals surface area (Å²) in [6.45, 7) is 5.59. The Balaban J connectivity index is 3.02. The quantitative estimate of drug-likeness (QED) is 0.786. The highest BCUT2D eigenvalue weighted by Gasteiger charge is 2.10. The van der Waals surface area contributed by atoms with Crippen molar-refractivity contribution in [3.63, 3.8) is 0 Å². The molecule has 1 rings (SSSR count). The van der Waals surface area contributed by atoms with Gasteiger partial charge in [-0.25, -0.2) is 4.79 Å². The number of aromatic carboxylic acids is 1. The number of methoxy groups -OCH3 is 1. The van der Waals surface area contributed by atoms with E-state index in [9.17, 15) is 4.79 Å². The average Bonchev–Trinajstić information content (AvgIpc) is 2.33. The monoisotopic (exact) mass is 313 g/mol. The van der Waals surface area contributed by atoms with Crippen LogP contribution < -0.4 is 4.90 Å². The van der Waals surface area contributed by atoms with Crippen LogP contribution in [0.1, 0.15) is 10.4 Å². The maximum Gasteiger partial charge on any atom is 0.335 e. The fraction of sp³-hybridized carbons (Fsp3) is 0.308. The molecule has 0 bridgehead atoms. The van der Waals surface area contributed by atoms with Gasteiger partial charge in [-0.3, -0.25) is 0 Å². The molecular formula is C13H16BrNO3. The third-order valence-corrected chi connectivity index (χ3v) is 2.87. The van der Waals surface area contributed by atoms with Gasteiger partial charge in [-0.1, -0.05) is 22.0 Å². The van der Waals surface area contributed by atoms with Crippen molar-refractivity contribution in [2.45, 2.75) is 0 Å². The molecule has 1 N–H and O–H groups in total. The number of carboxylic acid groups (broad SMARTS) is 1. The van der Waals surface area contributed by atoms with E-state index in [0.717, 1.165) is 10.2 Å². The molecule has 0 aromatic heterocycles. The molecular weight excluding hydrogens is 298 g/mol. The van der Waals surface area contributed by atoms with Gasteiger partial charge in [-0.05, 0) is 18.2 Å². The van der Waals surface area contributed by atoms with Gasteiger partial charge in [0.1, 0.15) is 0 Å². The predicted octanol–water partition coefficient (Wildman–Crippen LogP) is 2.79. The summed E-state index contributed by atoms with van der Waals surface area (Å²) in [6.07, 6.45) is 1.77. The highest BCUT2D eigenvalue weighted by Crippen LogP contribution is 2.23. The number of benzene rings is 1. The van der Waals surface area contributed by atoms with Gasteiger partial charge in [0.2, 0.25) is 0 Å². The van der Waals surface area contributed by atoms with Gasteiger partial charge >= 0.3 is 5.97 Å². The first-order valence-corrected chi connectivity index (χ1v) is 6.26. The second-order valence-corrected chi connectivity index (χ2v) is 4.65. The lowest BCUT2D eigenvalue weighted by Gasteiger charge is -2.23. The Hall–Kier alpha value is -1.33. The lowest BCUT2D eigenvalue weighted by Crippen LogP contribution is -2.27. The predicted molar refractivity (Wildman–Crippen MR) is 75.4 cm³/mol. The van der Waals surface area contributed by atoms with Crippen molar-refractivity contribution < 1.29 is 14.6 Å². The molecule has 0 amide bonds. The standard InChI is InChI=1S/C13H16BrNO3/c1-3-4-15(5-6-18-2)12-8-10(13(16)17)7-11(14)9-12/h3,7-9H,1,4-6H2,2H3,(H,16,17). The molecule has 0 atom stereocenters. The summed E-state index contributed by atoms with van der Waals surface area (Å²) >= 11 is 3.32. The first kappa shape index (κ1) is 14.7. The summed E-state index contributed by atoms with van der Waals surface area (Å²) in [5.41, 5.74) is 1.09. The van der Waals surface area contributed by atoms with Crippen LogP contribution in [-0.4, -0.2) is 37.9 Å². The number of hydrogen-bond acceptors (Lipinski definition) is 3. The normalized spacial score (nSPS) is 10.1. The van der Waals surface area contributed by atoms with Crippen LogP contribution in [-0.2, 0) is 4.74 Å². The van der Waals surface area contributed by atoms with Gasteiger partial charge in [-0.2, -0.15) is 0 Å². The van der Waals surface area contributed by atoms with Gasteiger partial charge in [0.05, 0.1) is 12.2 Å². The molecule has 0 aliphatic carbocycles. The number of hydrogen-bond donors (Lipinski definition) is 1. The second kappa shape index (κ2) is 7.18. The van der Waals surface area contributed by atoms with Gasteiger partial charge < -0.3 is 14.7 Å². The van der Waals surface area contributed by atoms with Crippen LogP contribution >= 0.6 is 15.9 Å². The van der Waals surface area contributed by atoms with E-state index in [2.05, 4.69) is 22.5 Å². The van der Waals surface area contributed by atoms with E-state index in [0.29, 0.717) is 19.7 Å². The van der Waals surface area contributed by atoms with Gasteiger partial charge in [0.25, 0.3) is 0 Å². The molecule has 5 heteroatoms. The van der Waals surface area contributed by atoms with E-state index in [1.54, 1.807) is 25.3 Å². The van der Waals surface area contributed by atoms with Crippen LogP contribution in [0.4, 0.5) is 5.69 Å². The van der Waals surface area contributed by atoms with Crippen LogP contribution in [0.15, 0.2) is 35.3 Å². The first-order chi connectivity index (χ1) is 8.58. The number of halogens is 1. The van der Waals surface area contributed by atoms with Crippen molar-refractivity contribution in [3.05, 3.63) is 40.9 Å². The molecule has 18 heavy (non-hydrogen) atoms. The highest BCUT2D eigenvalue weighted by molar-refractivity contribution is 9.10. The minimum absolute atomic E-state index is 0.255. The fourth-order valence-corrected chi connectivity index (χ4v) is 2.04. The van der Waals surface area contributed by atoms with Gasteiger partial charge in [-0.15, -0.1) is 6.58 Å². The average molecular weight is 314 g/mol. The number of ether oxygens (including phenoxy) is 1. The van der Waals surface area contributed by atoms with Crippen molar-refractivity contribution in [2.24, 2.45) is 0 Å². The third kappa shape index (κ3) is 4.16. The van der Waals surface area contributed by atoms with Crippen molar-refractivity contribution in [2.75, 3.05) is 31.7 Å². The van der Waals surface area contributed by atoms with Crippen LogP contribution in [0.3, 0.4) is 0 Å². The van der Waals surface area contributed by atoms with Crippen LogP contribution in [0, 0.1) is 0 Å². The Morgan fingerprint density at radius 3 is 2.83 bits per heavy atom. The largest absolute Gasteiger partial charge is 0.478 e. The molecule has 0 saturated carbocycles. The molecule has 0 saturated heterocycles. The lowest BCUT2D eigenvalue weighted by molar-refractivity contribution is 0.0697. The van der Waals surface area contributed by atoms with Crippen molar-refractivity contribution in [1.29, 1.82) is 0 Å². The third-order valence-electron chi connectivity index (χ3n) is 2.41. The lowest BCUT2D eigenvalue weighted by atomic mass is 10.2. The number of anilines is 1. The minimum atomic E-state index is -0.942. The van der Waals surface area contributed by atoms with E-state index in [1.165, 1.54) is 0 Å². The molecule has 0 heterocycles. The Bertz CT molecular complexity index is 434. The Morgan fingerprint density at radius 2 is 2.28 bits per heavy atom. The van der Waals surface area contributed by atoms with E-state index in [4.69, 9.17) is 9.84 Å². The molecule has 0 radical (unpaired) electrons. The number of carboxylic acids is 1. The molecule has 0 aliphatic rings. The Kier molecular flexibility index (Phi) is 5.88. The molecule has 0 unspecified atom stereocenters. The SMILES string of the molecule is C=CCN(CCOC)c1cc(Br)cc(C(=O)O)c1. The molecule has 4 nitrogen and oxygen atoms in total.